The van der Waals surface area contributed by atoms with Gasteiger partial charge in [-0.15, -0.1) is 0 Å². The molecule has 0 saturated carbocycles. The number of hydrogen-bond donors (Lipinski definition) is 3. The molecule has 0 radical (unpaired) electrons. The highest BCUT2D eigenvalue weighted by Crippen LogP contribution is 2.29. The monoisotopic (exact) mass is 522 g/mol. The van der Waals surface area contributed by atoms with Gasteiger partial charge in [0.15, 0.2) is 0 Å². The van der Waals surface area contributed by atoms with Crippen LogP contribution < -0.4 is 10.6 Å². The second-order valence-electron chi connectivity index (χ2n) is 10.4. The van der Waals surface area contributed by atoms with Crippen molar-refractivity contribution < 1.29 is 24.2 Å². The molecule has 0 spiro atoms. The molecule has 0 aromatic heterocycles. The number of nitrogens with zero attached hydrogens (tertiary/aromatic N) is 2. The zero-order chi connectivity index (χ0) is 28.6. The average Bonchev–Trinajstić information content (AvgIpc) is 2.83. The summed E-state index contributed by atoms with van der Waals surface area (Å²) in [4.78, 5) is 41.6. The maximum Gasteiger partial charge on any atom is 0.408 e. The molecule has 3 unspecified atom stereocenters. The minimum absolute atomic E-state index is 0.0362. The second-order valence-corrected chi connectivity index (χ2v) is 10.4. The van der Waals surface area contributed by atoms with Crippen molar-refractivity contribution in [1.82, 2.24) is 10.2 Å². The van der Waals surface area contributed by atoms with Gasteiger partial charge in [-0.2, -0.15) is 5.26 Å². The minimum atomic E-state index is -1.21. The molecule has 38 heavy (non-hydrogen) atoms. The van der Waals surface area contributed by atoms with E-state index in [2.05, 4.69) is 10.6 Å². The molecule has 0 fully saturated rings. The number of carbonyl (C=O) groups excluding carboxylic acids is 3. The molecule has 0 heterocycles. The number of nitrogens with one attached hydrogen (secondary N) is 2. The first-order valence-electron chi connectivity index (χ1n) is 12.6. The van der Waals surface area contributed by atoms with Crippen LogP contribution in [0.25, 0.3) is 0 Å². The normalized spacial score (nSPS) is 13.4. The van der Waals surface area contributed by atoms with Crippen LogP contribution in [0.4, 0.5) is 10.5 Å². The van der Waals surface area contributed by atoms with Crippen LogP contribution in [0, 0.1) is 31.1 Å². The lowest BCUT2D eigenvalue weighted by Crippen LogP contribution is -2.54. The van der Waals surface area contributed by atoms with Crippen LogP contribution >= 0.6 is 0 Å². The van der Waals surface area contributed by atoms with Crippen molar-refractivity contribution >= 4 is 23.6 Å². The lowest BCUT2D eigenvalue weighted by Gasteiger charge is -2.34. The van der Waals surface area contributed by atoms with E-state index in [1.807, 2.05) is 32.0 Å². The van der Waals surface area contributed by atoms with E-state index in [0.29, 0.717) is 23.2 Å². The molecule has 9 nitrogen and oxygen atoms in total. The standard InChI is InChI=1S/C29H38N4O5/c1-8-18(2)24(32-28(37)38-29(5,6)7)27(36)33(16-15-30)25(21-13-14-23(34)20(4)17-21)26(35)31-22-12-10-9-11-19(22)3/h9-14,17-18,24-25,34H,8,16H2,1-7H3,(H,31,35)(H,32,37). The third kappa shape index (κ3) is 7.97. The molecule has 0 bridgehead atoms. The van der Waals surface area contributed by atoms with E-state index in [1.54, 1.807) is 58.9 Å². The summed E-state index contributed by atoms with van der Waals surface area (Å²) in [6, 6.07) is 11.5. The second kappa shape index (κ2) is 13.0. The number of rotatable bonds is 9. The van der Waals surface area contributed by atoms with Gasteiger partial charge in [-0.3, -0.25) is 9.59 Å². The Kier molecular flexibility index (Phi) is 10.3. The third-order valence-electron chi connectivity index (χ3n) is 6.17. The Morgan fingerprint density at radius 1 is 1.11 bits per heavy atom. The summed E-state index contributed by atoms with van der Waals surface area (Å²) < 4.78 is 5.37. The average molecular weight is 523 g/mol. The van der Waals surface area contributed by atoms with Gasteiger partial charge in [0.05, 0.1) is 6.07 Å². The highest BCUT2D eigenvalue weighted by Gasteiger charge is 2.38. The van der Waals surface area contributed by atoms with Crippen molar-refractivity contribution in [2.45, 2.75) is 72.6 Å². The van der Waals surface area contributed by atoms with Gasteiger partial charge in [0, 0.05) is 5.69 Å². The Bertz CT molecular complexity index is 1200. The summed E-state index contributed by atoms with van der Waals surface area (Å²) in [6.45, 7) is 11.9. The van der Waals surface area contributed by atoms with Crippen LogP contribution in [0.3, 0.4) is 0 Å². The fraction of sp³-hybridized carbons (Fsp3) is 0.448. The van der Waals surface area contributed by atoms with E-state index < -0.39 is 42.1 Å². The largest absolute Gasteiger partial charge is 0.508 e. The zero-order valence-corrected chi connectivity index (χ0v) is 23.2. The van der Waals surface area contributed by atoms with Gasteiger partial charge in [-0.1, -0.05) is 44.5 Å². The minimum Gasteiger partial charge on any atom is -0.508 e. The number of benzene rings is 2. The van der Waals surface area contributed by atoms with Crippen LogP contribution in [0.2, 0.25) is 0 Å². The van der Waals surface area contributed by atoms with E-state index in [1.165, 1.54) is 6.07 Å². The number of aromatic hydroxyl groups is 1. The van der Waals surface area contributed by atoms with Gasteiger partial charge >= 0.3 is 6.09 Å². The molecule has 3 amide bonds. The molecule has 3 atom stereocenters. The van der Waals surface area contributed by atoms with Gasteiger partial charge in [0.25, 0.3) is 5.91 Å². The molecular weight excluding hydrogens is 484 g/mol. The molecule has 3 N–H and O–H groups in total. The number of para-hydroxylation sites is 1. The number of ether oxygens (including phenoxy) is 1. The molecule has 0 saturated heterocycles. The van der Waals surface area contributed by atoms with Gasteiger partial charge in [-0.25, -0.2) is 4.79 Å². The number of phenols is 1. The van der Waals surface area contributed by atoms with Crippen molar-refractivity contribution in [3.8, 4) is 11.8 Å². The molecule has 9 heteroatoms. The van der Waals surface area contributed by atoms with Crippen LogP contribution in [0.5, 0.6) is 5.75 Å². The van der Waals surface area contributed by atoms with Gasteiger partial charge < -0.3 is 25.4 Å². The molecule has 0 aliphatic rings. The summed E-state index contributed by atoms with van der Waals surface area (Å²) in [5.74, 6) is -1.41. The first-order valence-corrected chi connectivity index (χ1v) is 12.6. The lowest BCUT2D eigenvalue weighted by molar-refractivity contribution is -0.141. The van der Waals surface area contributed by atoms with Crippen molar-refractivity contribution in [3.05, 3.63) is 59.2 Å². The van der Waals surface area contributed by atoms with Crippen molar-refractivity contribution in [2.24, 2.45) is 5.92 Å². The van der Waals surface area contributed by atoms with E-state index in [9.17, 15) is 24.8 Å². The highest BCUT2D eigenvalue weighted by molar-refractivity contribution is 5.99. The Balaban J connectivity index is 2.57. The van der Waals surface area contributed by atoms with Gasteiger partial charge in [0.1, 0.15) is 30.0 Å². The third-order valence-corrected chi connectivity index (χ3v) is 6.17. The first kappa shape index (κ1) is 30.2. The fourth-order valence-electron chi connectivity index (χ4n) is 3.90. The van der Waals surface area contributed by atoms with Crippen molar-refractivity contribution in [2.75, 3.05) is 11.9 Å². The maximum atomic E-state index is 14.0. The molecule has 2 aromatic rings. The number of anilines is 1. The molecule has 0 aliphatic heterocycles. The number of alkyl carbamates (subject to hydrolysis) is 1. The lowest BCUT2D eigenvalue weighted by atomic mass is 9.95. The smallest absolute Gasteiger partial charge is 0.408 e. The topological polar surface area (TPSA) is 132 Å². The number of phenolic OH excluding ortho intramolecular Hbond substituents is 1. The van der Waals surface area contributed by atoms with E-state index in [4.69, 9.17) is 4.74 Å². The molecule has 2 rings (SSSR count). The van der Waals surface area contributed by atoms with E-state index in [0.717, 1.165) is 10.5 Å². The van der Waals surface area contributed by atoms with Gasteiger partial charge in [-0.05, 0) is 75.4 Å². The van der Waals surface area contributed by atoms with Crippen LogP contribution in [-0.4, -0.2) is 46.1 Å². The quantitative estimate of drug-likeness (QED) is 0.398. The van der Waals surface area contributed by atoms with Crippen LogP contribution in [-0.2, 0) is 14.3 Å². The zero-order valence-electron chi connectivity index (χ0n) is 23.2. The molecule has 0 aliphatic carbocycles. The Labute approximate surface area is 224 Å². The SMILES string of the molecule is CCC(C)C(NC(=O)OC(C)(C)C)C(=O)N(CC#N)C(C(=O)Nc1ccccc1C)c1ccc(O)c(C)c1. The molecular formula is C29H38N4O5. The summed E-state index contributed by atoms with van der Waals surface area (Å²) in [5, 5.41) is 25.3. The summed E-state index contributed by atoms with van der Waals surface area (Å²) in [7, 11) is 0. The summed E-state index contributed by atoms with van der Waals surface area (Å²) in [6.07, 6.45) is -0.222. The Morgan fingerprint density at radius 3 is 2.32 bits per heavy atom. The number of aryl methyl sites for hydroxylation is 2. The number of amides is 3. The summed E-state index contributed by atoms with van der Waals surface area (Å²) in [5.41, 5.74) is 1.52. The predicted molar refractivity (Wildman–Crippen MR) is 145 cm³/mol. The highest BCUT2D eigenvalue weighted by atomic mass is 16.6. The first-order chi connectivity index (χ1) is 17.8. The van der Waals surface area contributed by atoms with Crippen molar-refractivity contribution in [1.29, 1.82) is 5.26 Å². The van der Waals surface area contributed by atoms with E-state index in [-0.39, 0.29) is 11.7 Å². The Hall–Kier alpha value is -4.06. The maximum absolute atomic E-state index is 14.0. The Morgan fingerprint density at radius 2 is 1.76 bits per heavy atom. The van der Waals surface area contributed by atoms with Crippen LogP contribution in [0.1, 0.15) is 63.8 Å². The molecule has 2 aromatic carbocycles. The van der Waals surface area contributed by atoms with Crippen molar-refractivity contribution in [3.63, 3.8) is 0 Å². The van der Waals surface area contributed by atoms with E-state index >= 15 is 0 Å². The van der Waals surface area contributed by atoms with Crippen LogP contribution in [0.15, 0.2) is 42.5 Å². The molecule has 204 valence electrons. The number of carbonyl (C=O) groups is 3. The number of hydrogen-bond acceptors (Lipinski definition) is 6. The fourth-order valence-corrected chi connectivity index (χ4v) is 3.90. The van der Waals surface area contributed by atoms with Gasteiger partial charge in [0.2, 0.25) is 5.91 Å². The predicted octanol–water partition coefficient (Wildman–Crippen LogP) is 4.98. The number of nitriles is 1. The summed E-state index contributed by atoms with van der Waals surface area (Å²) >= 11 is 0.